The summed E-state index contributed by atoms with van der Waals surface area (Å²) in [5.41, 5.74) is 0. The van der Waals surface area contributed by atoms with Gasteiger partial charge in [0.1, 0.15) is 6.04 Å². The van der Waals surface area contributed by atoms with Gasteiger partial charge >= 0.3 is 5.97 Å². The minimum Gasteiger partial charge on any atom is -0.464 e. The van der Waals surface area contributed by atoms with Crippen molar-refractivity contribution in [2.45, 2.75) is 57.9 Å². The van der Waals surface area contributed by atoms with Gasteiger partial charge in [-0.15, -0.1) is 11.6 Å². The van der Waals surface area contributed by atoms with E-state index in [9.17, 15) is 9.59 Å². The highest BCUT2D eigenvalue weighted by Gasteiger charge is 2.34. The summed E-state index contributed by atoms with van der Waals surface area (Å²) in [6.07, 6.45) is 5.59. The third-order valence-electron chi connectivity index (χ3n) is 3.36. The van der Waals surface area contributed by atoms with Crippen LogP contribution >= 0.6 is 11.6 Å². The van der Waals surface area contributed by atoms with E-state index in [1.807, 2.05) is 0 Å². The molecule has 0 N–H and O–H groups in total. The molecule has 1 amide bonds. The van der Waals surface area contributed by atoms with E-state index in [-0.39, 0.29) is 17.9 Å². The maximum Gasteiger partial charge on any atom is 0.328 e. The summed E-state index contributed by atoms with van der Waals surface area (Å²) in [6, 6.07) is -0.361. The van der Waals surface area contributed by atoms with Crippen molar-refractivity contribution in [1.82, 2.24) is 4.90 Å². The quantitative estimate of drug-likeness (QED) is 0.392. The third kappa shape index (κ3) is 5.39. The summed E-state index contributed by atoms with van der Waals surface area (Å²) in [5.74, 6) is 0.396. The Morgan fingerprint density at radius 1 is 1.32 bits per heavy atom. The topological polar surface area (TPSA) is 46.6 Å². The first-order valence-corrected chi connectivity index (χ1v) is 7.76. The number of hydrogen-bond acceptors (Lipinski definition) is 3. The molecule has 1 aliphatic heterocycles. The highest BCUT2D eigenvalue weighted by molar-refractivity contribution is 6.17. The first kappa shape index (κ1) is 16.3. The molecule has 1 rings (SSSR count). The number of hydrogen-bond donors (Lipinski definition) is 0. The molecule has 1 heterocycles. The van der Waals surface area contributed by atoms with Crippen molar-refractivity contribution in [1.29, 1.82) is 0 Å². The van der Waals surface area contributed by atoms with Gasteiger partial charge in [0.2, 0.25) is 5.91 Å². The summed E-state index contributed by atoms with van der Waals surface area (Å²) >= 11 is 5.60. The lowest BCUT2D eigenvalue weighted by Gasteiger charge is -2.23. The summed E-state index contributed by atoms with van der Waals surface area (Å²) in [4.78, 5) is 25.7. The Balaban J connectivity index is 2.39. The summed E-state index contributed by atoms with van der Waals surface area (Å²) in [7, 11) is 0. The normalized spacial score (nSPS) is 18.6. The van der Waals surface area contributed by atoms with Crippen molar-refractivity contribution in [3.63, 3.8) is 0 Å². The molecule has 0 bridgehead atoms. The van der Waals surface area contributed by atoms with E-state index in [0.717, 1.165) is 38.5 Å². The fourth-order valence-corrected chi connectivity index (χ4v) is 2.43. The van der Waals surface area contributed by atoms with Gasteiger partial charge in [0.15, 0.2) is 0 Å². The average Bonchev–Trinajstić information content (AvgIpc) is 2.88. The van der Waals surface area contributed by atoms with Crippen LogP contribution in [0.5, 0.6) is 0 Å². The molecule has 1 unspecified atom stereocenters. The largest absolute Gasteiger partial charge is 0.464 e. The van der Waals surface area contributed by atoms with Crippen molar-refractivity contribution >= 4 is 23.5 Å². The van der Waals surface area contributed by atoms with Crippen molar-refractivity contribution in [2.75, 3.05) is 19.0 Å². The molecule has 0 aromatic carbocycles. The minimum atomic E-state index is -0.361. The number of esters is 1. The van der Waals surface area contributed by atoms with E-state index in [0.29, 0.717) is 25.5 Å². The highest BCUT2D eigenvalue weighted by atomic mass is 35.5. The van der Waals surface area contributed by atoms with Crippen LogP contribution < -0.4 is 0 Å². The number of alkyl halides is 1. The van der Waals surface area contributed by atoms with Gasteiger partial charge in [0, 0.05) is 18.8 Å². The van der Waals surface area contributed by atoms with Crippen LogP contribution in [0.25, 0.3) is 0 Å². The molecule has 110 valence electrons. The van der Waals surface area contributed by atoms with Crippen LogP contribution in [-0.4, -0.2) is 41.8 Å². The van der Waals surface area contributed by atoms with E-state index >= 15 is 0 Å². The van der Waals surface area contributed by atoms with Gasteiger partial charge in [-0.25, -0.2) is 4.79 Å². The minimum absolute atomic E-state index is 0.0556. The number of ether oxygens (including phenoxy) is 1. The molecular weight excluding hydrogens is 266 g/mol. The molecular formula is C14H24ClNO3. The maximum absolute atomic E-state index is 12.0. The van der Waals surface area contributed by atoms with Crippen molar-refractivity contribution < 1.29 is 14.3 Å². The van der Waals surface area contributed by atoms with Crippen LogP contribution in [0.1, 0.15) is 51.9 Å². The Morgan fingerprint density at radius 3 is 2.79 bits per heavy atom. The molecule has 0 aromatic rings. The molecule has 19 heavy (non-hydrogen) atoms. The summed E-state index contributed by atoms with van der Waals surface area (Å²) in [6.45, 7) is 3.18. The van der Waals surface area contributed by atoms with Crippen LogP contribution in [0.3, 0.4) is 0 Å². The number of nitrogens with zero attached hydrogens (tertiary/aromatic N) is 1. The maximum atomic E-state index is 12.0. The van der Waals surface area contributed by atoms with Gasteiger partial charge in [-0.05, 0) is 32.1 Å². The SMILES string of the molecule is CCCCOC(=O)C1CCCN1C(=O)CCCCCl. The number of likely N-dealkylation sites (tertiary alicyclic amines) is 1. The summed E-state index contributed by atoms with van der Waals surface area (Å²) in [5, 5.41) is 0. The Bertz CT molecular complexity index is 268. The lowest BCUT2D eigenvalue weighted by Crippen LogP contribution is -2.41. The number of rotatable bonds is 8. The molecule has 0 radical (unpaired) electrons. The zero-order chi connectivity index (χ0) is 14.1. The Hall–Kier alpha value is -0.770. The number of carbonyl (C=O) groups is 2. The van der Waals surface area contributed by atoms with E-state index in [4.69, 9.17) is 16.3 Å². The Morgan fingerprint density at radius 2 is 2.11 bits per heavy atom. The summed E-state index contributed by atoms with van der Waals surface area (Å²) < 4.78 is 5.22. The van der Waals surface area contributed by atoms with Gasteiger partial charge in [0.05, 0.1) is 6.61 Å². The molecule has 5 heteroatoms. The zero-order valence-electron chi connectivity index (χ0n) is 11.7. The van der Waals surface area contributed by atoms with Crippen LogP contribution in [0.2, 0.25) is 0 Å². The fraction of sp³-hybridized carbons (Fsp3) is 0.857. The smallest absolute Gasteiger partial charge is 0.328 e. The molecule has 1 atom stereocenters. The van der Waals surface area contributed by atoms with Gasteiger partial charge in [-0.2, -0.15) is 0 Å². The van der Waals surface area contributed by atoms with Crippen molar-refractivity contribution in [2.24, 2.45) is 0 Å². The van der Waals surface area contributed by atoms with E-state index in [2.05, 4.69) is 6.92 Å². The Labute approximate surface area is 120 Å². The lowest BCUT2D eigenvalue weighted by molar-refractivity contribution is -0.153. The molecule has 0 aliphatic carbocycles. The number of amides is 1. The van der Waals surface area contributed by atoms with E-state index < -0.39 is 0 Å². The van der Waals surface area contributed by atoms with Crippen LogP contribution in [0.15, 0.2) is 0 Å². The molecule has 0 aromatic heterocycles. The molecule has 0 spiro atoms. The van der Waals surface area contributed by atoms with E-state index in [1.54, 1.807) is 4.90 Å². The van der Waals surface area contributed by atoms with Crippen LogP contribution in [0, 0.1) is 0 Å². The molecule has 1 aliphatic rings. The van der Waals surface area contributed by atoms with Crippen LogP contribution in [-0.2, 0) is 14.3 Å². The number of carbonyl (C=O) groups excluding carboxylic acids is 2. The second-order valence-electron chi connectivity index (χ2n) is 4.91. The monoisotopic (exact) mass is 289 g/mol. The zero-order valence-corrected chi connectivity index (χ0v) is 12.5. The molecule has 1 saturated heterocycles. The number of unbranched alkanes of at least 4 members (excludes halogenated alkanes) is 2. The van der Waals surface area contributed by atoms with Gasteiger partial charge in [-0.1, -0.05) is 13.3 Å². The predicted molar refractivity (Wildman–Crippen MR) is 75.2 cm³/mol. The third-order valence-corrected chi connectivity index (χ3v) is 3.63. The van der Waals surface area contributed by atoms with Crippen LogP contribution in [0.4, 0.5) is 0 Å². The van der Waals surface area contributed by atoms with E-state index in [1.165, 1.54) is 0 Å². The second kappa shape index (κ2) is 9.18. The molecule has 4 nitrogen and oxygen atoms in total. The highest BCUT2D eigenvalue weighted by Crippen LogP contribution is 2.20. The fourth-order valence-electron chi connectivity index (χ4n) is 2.24. The number of halogens is 1. The molecule has 1 fully saturated rings. The molecule has 0 saturated carbocycles. The lowest BCUT2D eigenvalue weighted by atomic mass is 10.2. The van der Waals surface area contributed by atoms with Crippen molar-refractivity contribution in [3.8, 4) is 0 Å². The first-order valence-electron chi connectivity index (χ1n) is 7.22. The van der Waals surface area contributed by atoms with Gasteiger partial charge in [-0.3, -0.25) is 4.79 Å². The van der Waals surface area contributed by atoms with Gasteiger partial charge < -0.3 is 9.64 Å². The van der Waals surface area contributed by atoms with Crippen molar-refractivity contribution in [3.05, 3.63) is 0 Å². The predicted octanol–water partition coefficient (Wildman–Crippen LogP) is 2.73. The Kier molecular flexibility index (Phi) is 7.87. The standard InChI is InChI=1S/C14H24ClNO3/c1-2-3-11-19-14(18)12-7-6-10-16(12)13(17)8-4-5-9-15/h12H,2-11H2,1H3. The average molecular weight is 290 g/mol. The second-order valence-corrected chi connectivity index (χ2v) is 5.29. The van der Waals surface area contributed by atoms with Gasteiger partial charge in [0.25, 0.3) is 0 Å². The first-order chi connectivity index (χ1) is 9.20.